The third-order valence-corrected chi connectivity index (χ3v) is 13.4. The molecule has 10 aromatic carbocycles. The second-order valence-electron chi connectivity index (χ2n) is 16.7. The molecule has 0 unspecified atom stereocenters. The molecule has 300 valence electrons. The van der Waals surface area contributed by atoms with Crippen molar-refractivity contribution in [1.82, 2.24) is 0 Å². The van der Waals surface area contributed by atoms with Gasteiger partial charge in [0.25, 0.3) is 0 Å². The smallest absolute Gasteiger partial charge is 0.194 e. The summed E-state index contributed by atoms with van der Waals surface area (Å²) in [7, 11) is 0. The van der Waals surface area contributed by atoms with Gasteiger partial charge in [-0.05, 0) is 115 Å². The molecule has 3 nitrogen and oxygen atoms in total. The lowest BCUT2D eigenvalue weighted by molar-refractivity contribution is 0.361. The summed E-state index contributed by atoms with van der Waals surface area (Å²) in [6.45, 7) is 0. The van der Waals surface area contributed by atoms with E-state index in [1.54, 1.807) is 0 Å². The topological polar surface area (TPSA) is 21.7 Å². The van der Waals surface area contributed by atoms with Gasteiger partial charge in [-0.15, -0.1) is 0 Å². The summed E-state index contributed by atoms with van der Waals surface area (Å²) in [4.78, 5) is 2.29. The number of nitrogens with zero attached hydrogens (tertiary/aromatic N) is 1. The molecule has 0 aromatic heterocycles. The van der Waals surface area contributed by atoms with Gasteiger partial charge in [0.15, 0.2) is 23.0 Å². The Kier molecular flexibility index (Phi) is 8.13. The lowest BCUT2D eigenvalue weighted by Crippen LogP contribution is -2.25. The molecular formula is C61H39NO2. The van der Waals surface area contributed by atoms with Crippen molar-refractivity contribution in [3.8, 4) is 78.6 Å². The zero-order valence-electron chi connectivity index (χ0n) is 34.8. The molecule has 64 heavy (non-hydrogen) atoms. The van der Waals surface area contributed by atoms with E-state index in [0.717, 1.165) is 50.6 Å². The molecule has 1 heterocycles. The molecule has 3 heteroatoms. The molecule has 0 bridgehead atoms. The maximum atomic E-state index is 7.19. The number of hydrogen-bond donors (Lipinski definition) is 0. The molecule has 13 rings (SSSR count). The molecule has 3 aliphatic rings. The Morgan fingerprint density at radius 2 is 0.797 bits per heavy atom. The standard InChI is InChI=1S/C61H39NO2/c1-3-17-40(18-4-1)43-21-15-22-45(39-43)62(44-35-33-42(34-36-44)47-24-8-7-23-46(47)41-19-5-2-6-20-41)55-31-16-32-56-59(55)63-57-38-37-54-58(60(57)64-56)50-27-11-14-30-53(50)61(54)51-28-12-9-25-48(51)49-26-10-13-29-52(49)61/h1-39H. The fraction of sp³-hybridized carbons (Fsp3) is 0.0164. The monoisotopic (exact) mass is 817 g/mol. The second kappa shape index (κ2) is 14.3. The fourth-order valence-electron chi connectivity index (χ4n) is 10.7. The number of rotatable bonds is 6. The quantitative estimate of drug-likeness (QED) is 0.167. The SMILES string of the molecule is c1ccc(-c2cccc(N(c3ccc(-c4ccccc4-c4ccccc4)cc3)c3cccc4c3Oc3ccc5c(c3O4)-c3ccccc3C53c4ccccc4-c4ccccc43)c2)cc1. The summed E-state index contributed by atoms with van der Waals surface area (Å²) < 4.78 is 14.4. The average molecular weight is 818 g/mol. The van der Waals surface area contributed by atoms with E-state index < -0.39 is 5.41 Å². The summed E-state index contributed by atoms with van der Waals surface area (Å²) in [5.74, 6) is 2.76. The van der Waals surface area contributed by atoms with Crippen LogP contribution in [0.15, 0.2) is 237 Å². The van der Waals surface area contributed by atoms with Crippen LogP contribution in [0.4, 0.5) is 17.1 Å². The van der Waals surface area contributed by atoms with Crippen LogP contribution in [0.5, 0.6) is 23.0 Å². The molecule has 1 aliphatic heterocycles. The van der Waals surface area contributed by atoms with Gasteiger partial charge < -0.3 is 14.4 Å². The van der Waals surface area contributed by atoms with Crippen molar-refractivity contribution in [2.45, 2.75) is 5.41 Å². The predicted octanol–water partition coefficient (Wildman–Crippen LogP) is 16.4. The van der Waals surface area contributed by atoms with Crippen LogP contribution in [-0.2, 0) is 5.41 Å². The number of benzene rings is 10. The van der Waals surface area contributed by atoms with Crippen molar-refractivity contribution in [1.29, 1.82) is 0 Å². The molecular weight excluding hydrogens is 779 g/mol. The minimum absolute atomic E-state index is 0.478. The van der Waals surface area contributed by atoms with Crippen LogP contribution in [0, 0.1) is 0 Å². The Hall–Kier alpha value is -8.40. The van der Waals surface area contributed by atoms with Gasteiger partial charge in [-0.25, -0.2) is 0 Å². The maximum Gasteiger partial charge on any atom is 0.194 e. The van der Waals surface area contributed by atoms with Crippen LogP contribution >= 0.6 is 0 Å². The molecule has 0 amide bonds. The molecule has 0 N–H and O–H groups in total. The van der Waals surface area contributed by atoms with Gasteiger partial charge >= 0.3 is 0 Å². The largest absolute Gasteiger partial charge is 0.449 e. The molecule has 0 saturated heterocycles. The lowest BCUT2D eigenvalue weighted by atomic mass is 9.70. The van der Waals surface area contributed by atoms with E-state index in [0.29, 0.717) is 17.2 Å². The van der Waals surface area contributed by atoms with Crippen LogP contribution in [0.3, 0.4) is 0 Å². The van der Waals surface area contributed by atoms with Crippen molar-refractivity contribution in [3.63, 3.8) is 0 Å². The van der Waals surface area contributed by atoms with Crippen molar-refractivity contribution in [3.05, 3.63) is 259 Å². The van der Waals surface area contributed by atoms with Crippen LogP contribution in [-0.4, -0.2) is 0 Å². The Labute approximate surface area is 372 Å². The lowest BCUT2D eigenvalue weighted by Gasteiger charge is -2.32. The molecule has 2 aliphatic carbocycles. The first-order chi connectivity index (χ1) is 31.8. The highest BCUT2D eigenvalue weighted by Gasteiger charge is 2.53. The predicted molar refractivity (Wildman–Crippen MR) is 260 cm³/mol. The van der Waals surface area contributed by atoms with Gasteiger partial charge in [0.1, 0.15) is 0 Å². The van der Waals surface area contributed by atoms with E-state index in [-0.39, 0.29) is 0 Å². The number of ether oxygens (including phenoxy) is 2. The Balaban J connectivity index is 0.957. The first-order valence-electron chi connectivity index (χ1n) is 21.9. The van der Waals surface area contributed by atoms with E-state index in [1.165, 1.54) is 50.1 Å². The average Bonchev–Trinajstić information content (AvgIpc) is 3.85. The molecule has 0 atom stereocenters. The highest BCUT2D eigenvalue weighted by atomic mass is 16.6. The van der Waals surface area contributed by atoms with Crippen molar-refractivity contribution >= 4 is 17.1 Å². The van der Waals surface area contributed by atoms with Crippen LogP contribution < -0.4 is 14.4 Å². The first-order valence-corrected chi connectivity index (χ1v) is 21.9. The normalized spacial score (nSPS) is 13.1. The summed E-state index contributed by atoms with van der Waals surface area (Å²) in [5.41, 5.74) is 19.3. The van der Waals surface area contributed by atoms with Crippen LogP contribution in [0.25, 0.3) is 55.6 Å². The van der Waals surface area contributed by atoms with E-state index in [9.17, 15) is 0 Å². The van der Waals surface area contributed by atoms with Crippen LogP contribution in [0.2, 0.25) is 0 Å². The minimum atomic E-state index is -0.478. The Morgan fingerprint density at radius 1 is 0.297 bits per heavy atom. The summed E-state index contributed by atoms with van der Waals surface area (Å²) in [6.07, 6.45) is 0. The second-order valence-corrected chi connectivity index (χ2v) is 16.7. The van der Waals surface area contributed by atoms with E-state index >= 15 is 0 Å². The van der Waals surface area contributed by atoms with E-state index in [2.05, 4.69) is 235 Å². The number of hydrogen-bond acceptors (Lipinski definition) is 3. The molecule has 1 spiro atoms. The highest BCUT2D eigenvalue weighted by molar-refractivity contribution is 5.98. The van der Waals surface area contributed by atoms with Crippen molar-refractivity contribution < 1.29 is 9.47 Å². The first kappa shape index (κ1) is 36.3. The summed E-state index contributed by atoms with van der Waals surface area (Å²) in [6, 6.07) is 84.6. The zero-order chi connectivity index (χ0) is 42.2. The van der Waals surface area contributed by atoms with Gasteiger partial charge in [0, 0.05) is 16.9 Å². The highest BCUT2D eigenvalue weighted by Crippen LogP contribution is 2.66. The van der Waals surface area contributed by atoms with Crippen LogP contribution in [0.1, 0.15) is 22.3 Å². The summed E-state index contributed by atoms with van der Waals surface area (Å²) in [5, 5.41) is 0. The number of anilines is 3. The van der Waals surface area contributed by atoms with Gasteiger partial charge in [0.2, 0.25) is 0 Å². The maximum absolute atomic E-state index is 7.19. The van der Waals surface area contributed by atoms with E-state index in [4.69, 9.17) is 9.47 Å². The fourth-order valence-corrected chi connectivity index (χ4v) is 10.7. The molecule has 0 saturated carbocycles. The minimum Gasteiger partial charge on any atom is -0.449 e. The van der Waals surface area contributed by atoms with Gasteiger partial charge in [-0.3, -0.25) is 0 Å². The van der Waals surface area contributed by atoms with Crippen molar-refractivity contribution in [2.75, 3.05) is 4.90 Å². The van der Waals surface area contributed by atoms with Gasteiger partial charge in [-0.1, -0.05) is 194 Å². The number of fused-ring (bicyclic) bond motifs is 13. The third-order valence-electron chi connectivity index (χ3n) is 13.4. The number of para-hydroxylation sites is 1. The van der Waals surface area contributed by atoms with Gasteiger partial charge in [0.05, 0.1) is 11.1 Å². The van der Waals surface area contributed by atoms with E-state index in [1.807, 2.05) is 6.07 Å². The van der Waals surface area contributed by atoms with Gasteiger partial charge in [-0.2, -0.15) is 0 Å². The molecule has 10 aromatic rings. The zero-order valence-corrected chi connectivity index (χ0v) is 34.8. The third kappa shape index (κ3) is 5.34. The summed E-state index contributed by atoms with van der Waals surface area (Å²) >= 11 is 0. The van der Waals surface area contributed by atoms with Crippen molar-refractivity contribution in [2.24, 2.45) is 0 Å². The Morgan fingerprint density at radius 3 is 1.47 bits per heavy atom. The molecule has 0 fully saturated rings. The molecule has 0 radical (unpaired) electrons. The Bertz CT molecular complexity index is 3400.